The fraction of sp³-hybridized carbons (Fsp3) is 0.909. The summed E-state index contributed by atoms with van der Waals surface area (Å²) in [6, 6.07) is 0. The summed E-state index contributed by atoms with van der Waals surface area (Å²) >= 11 is 4.24. The Labute approximate surface area is 172 Å². The van der Waals surface area contributed by atoms with Crippen LogP contribution in [0.2, 0.25) is 0 Å². The molecule has 27 heavy (non-hydrogen) atoms. The molecule has 0 bridgehead atoms. The molecule has 0 aromatic heterocycles. The third kappa shape index (κ3) is 12.4. The van der Waals surface area contributed by atoms with E-state index in [0.29, 0.717) is 25.3 Å². The number of carbonyl (C=O) groups excluding carboxylic acids is 2. The van der Waals surface area contributed by atoms with Crippen LogP contribution in [0.5, 0.6) is 0 Å². The zero-order valence-electron chi connectivity index (χ0n) is 17.9. The molecule has 5 heteroatoms. The van der Waals surface area contributed by atoms with E-state index in [2.05, 4.69) is 24.9 Å². The van der Waals surface area contributed by atoms with Crippen LogP contribution in [0.25, 0.3) is 0 Å². The number of hydrogen-bond donors (Lipinski definition) is 2. The second-order valence-electron chi connectivity index (χ2n) is 9.32. The van der Waals surface area contributed by atoms with Crippen molar-refractivity contribution < 1.29 is 14.3 Å². The first kappa shape index (κ1) is 24.3. The fourth-order valence-electron chi connectivity index (χ4n) is 3.72. The number of rotatable bonds is 7. The highest BCUT2D eigenvalue weighted by atomic mass is 32.1. The fourth-order valence-corrected chi connectivity index (χ4v) is 3.89. The van der Waals surface area contributed by atoms with Gasteiger partial charge in [0.25, 0.3) is 0 Å². The Morgan fingerprint density at radius 2 is 1.70 bits per heavy atom. The second-order valence-corrected chi connectivity index (χ2v) is 10.2. The van der Waals surface area contributed by atoms with Crippen LogP contribution < -0.4 is 5.32 Å². The van der Waals surface area contributed by atoms with Crippen LogP contribution in [-0.2, 0) is 14.3 Å². The van der Waals surface area contributed by atoms with Crippen LogP contribution in [0, 0.1) is 11.3 Å². The molecule has 1 aliphatic carbocycles. The summed E-state index contributed by atoms with van der Waals surface area (Å²) in [6.07, 6.45) is 11.6. The molecule has 0 saturated heterocycles. The lowest BCUT2D eigenvalue weighted by Crippen LogP contribution is -2.36. The number of amides is 1. The molecule has 1 N–H and O–H groups in total. The predicted octanol–water partition coefficient (Wildman–Crippen LogP) is 5.30. The molecule has 0 aliphatic heterocycles. The number of hydrogen-bond acceptors (Lipinski definition) is 4. The standard InChI is InChI=1S/C22H41NO3S/c1-17-11-9-7-5-6-8-10-12-19(13-17)26-21(25)15-22(3,4)16-23-20(24)14-18(2)27/h17-19,27H,5-16H2,1-4H3,(H,23,24). The highest BCUT2D eigenvalue weighted by molar-refractivity contribution is 7.80. The van der Waals surface area contributed by atoms with Gasteiger partial charge in [-0.1, -0.05) is 66.2 Å². The maximum atomic E-state index is 12.5. The molecule has 0 aromatic rings. The highest BCUT2D eigenvalue weighted by Crippen LogP contribution is 2.25. The summed E-state index contributed by atoms with van der Waals surface area (Å²) < 4.78 is 5.88. The van der Waals surface area contributed by atoms with Gasteiger partial charge in [0, 0.05) is 18.2 Å². The van der Waals surface area contributed by atoms with Crippen molar-refractivity contribution in [3.63, 3.8) is 0 Å². The number of thiol groups is 1. The third-order valence-corrected chi connectivity index (χ3v) is 5.49. The molecule has 0 spiro atoms. The Balaban J connectivity index is 2.46. The van der Waals surface area contributed by atoms with Crippen molar-refractivity contribution in [3.8, 4) is 0 Å². The van der Waals surface area contributed by atoms with Crippen molar-refractivity contribution >= 4 is 24.5 Å². The van der Waals surface area contributed by atoms with Gasteiger partial charge in [0.05, 0.1) is 6.42 Å². The zero-order valence-corrected chi connectivity index (χ0v) is 18.8. The Morgan fingerprint density at radius 3 is 2.33 bits per heavy atom. The molecule has 1 saturated carbocycles. The first-order valence-electron chi connectivity index (χ1n) is 10.8. The molecule has 0 radical (unpaired) electrons. The third-order valence-electron chi connectivity index (χ3n) is 5.30. The normalized spacial score (nSPS) is 23.7. The molecule has 1 fully saturated rings. The van der Waals surface area contributed by atoms with E-state index in [9.17, 15) is 9.59 Å². The van der Waals surface area contributed by atoms with E-state index in [0.717, 1.165) is 19.3 Å². The summed E-state index contributed by atoms with van der Waals surface area (Å²) in [5.41, 5.74) is -0.314. The molecular weight excluding hydrogens is 358 g/mol. The quantitative estimate of drug-likeness (QED) is 0.451. The van der Waals surface area contributed by atoms with Crippen molar-refractivity contribution in [1.82, 2.24) is 5.32 Å². The topological polar surface area (TPSA) is 55.4 Å². The first-order valence-corrected chi connectivity index (χ1v) is 11.3. The minimum Gasteiger partial charge on any atom is -0.462 e. The van der Waals surface area contributed by atoms with Crippen molar-refractivity contribution in [2.75, 3.05) is 6.54 Å². The number of nitrogens with one attached hydrogen (secondary N) is 1. The SMILES string of the molecule is CC(S)CC(=O)NCC(C)(C)CC(=O)OC1CCCCCCCCC(C)C1. The van der Waals surface area contributed by atoms with Gasteiger partial charge in [-0.25, -0.2) is 0 Å². The van der Waals surface area contributed by atoms with Gasteiger partial charge in [-0.15, -0.1) is 0 Å². The summed E-state index contributed by atoms with van der Waals surface area (Å²) in [4.78, 5) is 24.4. The van der Waals surface area contributed by atoms with E-state index in [1.807, 2.05) is 20.8 Å². The molecule has 4 nitrogen and oxygen atoms in total. The Bertz CT molecular complexity index is 451. The van der Waals surface area contributed by atoms with Gasteiger partial charge < -0.3 is 10.1 Å². The van der Waals surface area contributed by atoms with Crippen LogP contribution in [0.4, 0.5) is 0 Å². The van der Waals surface area contributed by atoms with Crippen molar-refractivity contribution in [2.45, 2.75) is 110 Å². The summed E-state index contributed by atoms with van der Waals surface area (Å²) in [5.74, 6) is 0.455. The molecule has 1 rings (SSSR count). The smallest absolute Gasteiger partial charge is 0.306 e. The Hall–Kier alpha value is -0.710. The van der Waals surface area contributed by atoms with Gasteiger partial charge in [-0.05, 0) is 30.6 Å². The van der Waals surface area contributed by atoms with E-state index in [1.54, 1.807) is 0 Å². The van der Waals surface area contributed by atoms with Gasteiger partial charge in [-0.3, -0.25) is 9.59 Å². The van der Waals surface area contributed by atoms with Crippen LogP contribution in [-0.4, -0.2) is 29.8 Å². The Morgan fingerprint density at radius 1 is 1.11 bits per heavy atom. The number of ether oxygens (including phenoxy) is 1. The van der Waals surface area contributed by atoms with Crippen LogP contribution in [0.3, 0.4) is 0 Å². The van der Waals surface area contributed by atoms with Crippen LogP contribution in [0.1, 0.15) is 98.3 Å². The highest BCUT2D eigenvalue weighted by Gasteiger charge is 2.26. The second kappa shape index (κ2) is 12.7. The van der Waals surface area contributed by atoms with E-state index in [4.69, 9.17) is 4.74 Å². The van der Waals surface area contributed by atoms with E-state index in [-0.39, 0.29) is 28.6 Å². The van der Waals surface area contributed by atoms with Gasteiger partial charge in [0.1, 0.15) is 6.10 Å². The minimum absolute atomic E-state index is 0.0174. The molecule has 1 amide bonds. The average molecular weight is 400 g/mol. The van der Waals surface area contributed by atoms with Crippen molar-refractivity contribution in [3.05, 3.63) is 0 Å². The van der Waals surface area contributed by atoms with Crippen LogP contribution >= 0.6 is 12.6 Å². The number of esters is 1. The maximum absolute atomic E-state index is 12.5. The number of carbonyl (C=O) groups is 2. The van der Waals surface area contributed by atoms with Crippen molar-refractivity contribution in [2.24, 2.45) is 11.3 Å². The lowest BCUT2D eigenvalue weighted by Gasteiger charge is -2.27. The molecule has 3 unspecified atom stereocenters. The predicted molar refractivity (Wildman–Crippen MR) is 115 cm³/mol. The van der Waals surface area contributed by atoms with E-state index >= 15 is 0 Å². The monoisotopic (exact) mass is 399 g/mol. The lowest BCUT2D eigenvalue weighted by molar-refractivity contribution is -0.152. The zero-order chi connectivity index (χ0) is 20.3. The summed E-state index contributed by atoms with van der Waals surface area (Å²) in [6.45, 7) is 8.65. The largest absolute Gasteiger partial charge is 0.462 e. The lowest BCUT2D eigenvalue weighted by atomic mass is 9.89. The van der Waals surface area contributed by atoms with Gasteiger partial charge >= 0.3 is 5.97 Å². The minimum atomic E-state index is -0.314. The van der Waals surface area contributed by atoms with Crippen LogP contribution in [0.15, 0.2) is 0 Å². The first-order chi connectivity index (χ1) is 12.7. The maximum Gasteiger partial charge on any atom is 0.306 e. The average Bonchev–Trinajstić information content (AvgIpc) is 2.57. The van der Waals surface area contributed by atoms with Gasteiger partial charge in [-0.2, -0.15) is 12.6 Å². The molecular formula is C22H41NO3S. The molecule has 0 heterocycles. The van der Waals surface area contributed by atoms with Crippen molar-refractivity contribution in [1.29, 1.82) is 0 Å². The van der Waals surface area contributed by atoms with E-state index in [1.165, 1.54) is 38.5 Å². The van der Waals surface area contributed by atoms with Gasteiger partial charge in [0.2, 0.25) is 5.91 Å². The molecule has 0 aromatic carbocycles. The molecule has 1 aliphatic rings. The molecule has 3 atom stereocenters. The summed E-state index contributed by atoms with van der Waals surface area (Å²) in [7, 11) is 0. The summed E-state index contributed by atoms with van der Waals surface area (Å²) in [5, 5.41) is 2.95. The van der Waals surface area contributed by atoms with Gasteiger partial charge in [0.15, 0.2) is 0 Å². The van der Waals surface area contributed by atoms with E-state index < -0.39 is 0 Å². The Kier molecular flexibility index (Phi) is 11.4. The molecule has 158 valence electrons.